The zero-order valence-corrected chi connectivity index (χ0v) is 9.23. The third-order valence-corrected chi connectivity index (χ3v) is 2.30. The summed E-state index contributed by atoms with van der Waals surface area (Å²) in [7, 11) is 0. The fourth-order valence-electron chi connectivity index (χ4n) is 1.41. The first-order valence-corrected chi connectivity index (χ1v) is 5.25. The van der Waals surface area contributed by atoms with E-state index in [1.54, 1.807) is 24.5 Å². The summed E-state index contributed by atoms with van der Waals surface area (Å²) in [6.07, 6.45) is 3.36. The highest BCUT2D eigenvalue weighted by Gasteiger charge is 1.96. The number of aromatic nitrogens is 2. The standard InChI is InChI=1S/C12H13FN4/c13-11-3-1-9(2-4-11)5-15-6-10-7-16-12(14)17-8-10/h1-4,7-8,15H,5-6H2,(H2,14,16,17). The summed E-state index contributed by atoms with van der Waals surface area (Å²) in [6.45, 7) is 1.32. The van der Waals surface area contributed by atoms with Crippen LogP contribution in [0.2, 0.25) is 0 Å². The van der Waals surface area contributed by atoms with Crippen LogP contribution in [0.5, 0.6) is 0 Å². The zero-order valence-electron chi connectivity index (χ0n) is 9.23. The van der Waals surface area contributed by atoms with Gasteiger partial charge >= 0.3 is 0 Å². The van der Waals surface area contributed by atoms with Crippen LogP contribution in [0.4, 0.5) is 10.3 Å². The lowest BCUT2D eigenvalue weighted by Crippen LogP contribution is -2.13. The molecule has 0 saturated heterocycles. The Morgan fingerprint density at radius 3 is 2.24 bits per heavy atom. The molecule has 0 aliphatic carbocycles. The largest absolute Gasteiger partial charge is 0.368 e. The molecule has 1 aromatic carbocycles. The van der Waals surface area contributed by atoms with Crippen molar-refractivity contribution in [2.45, 2.75) is 13.1 Å². The monoisotopic (exact) mass is 232 g/mol. The van der Waals surface area contributed by atoms with Crippen LogP contribution < -0.4 is 11.1 Å². The molecule has 1 heterocycles. The van der Waals surface area contributed by atoms with Crippen molar-refractivity contribution < 1.29 is 4.39 Å². The van der Waals surface area contributed by atoms with Crippen LogP contribution in [0, 0.1) is 5.82 Å². The van der Waals surface area contributed by atoms with E-state index in [-0.39, 0.29) is 11.8 Å². The van der Waals surface area contributed by atoms with Crippen molar-refractivity contribution in [3.05, 3.63) is 53.6 Å². The van der Waals surface area contributed by atoms with E-state index >= 15 is 0 Å². The van der Waals surface area contributed by atoms with Crippen LogP contribution in [0.1, 0.15) is 11.1 Å². The number of halogens is 1. The van der Waals surface area contributed by atoms with Crippen molar-refractivity contribution in [2.24, 2.45) is 0 Å². The van der Waals surface area contributed by atoms with E-state index in [0.29, 0.717) is 13.1 Å². The number of rotatable bonds is 4. The van der Waals surface area contributed by atoms with Gasteiger partial charge in [-0.25, -0.2) is 14.4 Å². The van der Waals surface area contributed by atoms with Gasteiger partial charge in [0.15, 0.2) is 0 Å². The minimum Gasteiger partial charge on any atom is -0.368 e. The molecular formula is C12H13FN4. The summed E-state index contributed by atoms with van der Waals surface area (Å²) in [4.78, 5) is 7.79. The molecule has 0 spiro atoms. The molecular weight excluding hydrogens is 219 g/mol. The predicted molar refractivity (Wildman–Crippen MR) is 63.4 cm³/mol. The number of benzene rings is 1. The lowest BCUT2D eigenvalue weighted by Gasteiger charge is -2.04. The summed E-state index contributed by atoms with van der Waals surface area (Å²) < 4.78 is 12.7. The third-order valence-electron chi connectivity index (χ3n) is 2.30. The third kappa shape index (κ3) is 3.49. The maximum Gasteiger partial charge on any atom is 0.219 e. The fourth-order valence-corrected chi connectivity index (χ4v) is 1.41. The molecule has 0 unspecified atom stereocenters. The van der Waals surface area contributed by atoms with Gasteiger partial charge in [0.25, 0.3) is 0 Å². The van der Waals surface area contributed by atoms with Gasteiger partial charge in [0.2, 0.25) is 5.95 Å². The van der Waals surface area contributed by atoms with Crippen molar-refractivity contribution in [3.63, 3.8) is 0 Å². The molecule has 88 valence electrons. The minimum atomic E-state index is -0.222. The molecule has 17 heavy (non-hydrogen) atoms. The number of nitrogens with two attached hydrogens (primary N) is 1. The Morgan fingerprint density at radius 1 is 1.00 bits per heavy atom. The van der Waals surface area contributed by atoms with Gasteiger partial charge in [-0.3, -0.25) is 0 Å². The first-order valence-electron chi connectivity index (χ1n) is 5.25. The van der Waals surface area contributed by atoms with E-state index in [0.717, 1.165) is 11.1 Å². The quantitative estimate of drug-likeness (QED) is 0.838. The van der Waals surface area contributed by atoms with Crippen LogP contribution >= 0.6 is 0 Å². The Morgan fingerprint density at radius 2 is 1.59 bits per heavy atom. The molecule has 3 N–H and O–H groups in total. The first-order chi connectivity index (χ1) is 8.24. The molecule has 0 atom stereocenters. The summed E-state index contributed by atoms with van der Waals surface area (Å²) >= 11 is 0. The van der Waals surface area contributed by atoms with Gasteiger partial charge in [0.1, 0.15) is 5.82 Å². The first kappa shape index (κ1) is 11.5. The molecule has 0 aliphatic rings. The normalized spacial score (nSPS) is 10.4. The molecule has 2 aromatic rings. The molecule has 5 heteroatoms. The van der Waals surface area contributed by atoms with Crippen LogP contribution in [0.3, 0.4) is 0 Å². The lowest BCUT2D eigenvalue weighted by molar-refractivity contribution is 0.625. The second-order valence-electron chi connectivity index (χ2n) is 3.68. The molecule has 0 fully saturated rings. The summed E-state index contributed by atoms with van der Waals surface area (Å²) in [5.41, 5.74) is 7.37. The molecule has 0 radical (unpaired) electrons. The average Bonchev–Trinajstić information content (AvgIpc) is 2.34. The highest BCUT2D eigenvalue weighted by molar-refractivity contribution is 5.18. The van der Waals surface area contributed by atoms with E-state index in [9.17, 15) is 4.39 Å². The number of nitrogens with zero attached hydrogens (tertiary/aromatic N) is 2. The number of nitrogens with one attached hydrogen (secondary N) is 1. The topological polar surface area (TPSA) is 63.8 Å². The highest BCUT2D eigenvalue weighted by atomic mass is 19.1. The molecule has 0 bridgehead atoms. The van der Waals surface area contributed by atoms with Gasteiger partial charge in [-0.1, -0.05) is 12.1 Å². The van der Waals surface area contributed by atoms with E-state index in [1.807, 2.05) is 0 Å². The lowest BCUT2D eigenvalue weighted by atomic mass is 10.2. The van der Waals surface area contributed by atoms with E-state index in [4.69, 9.17) is 5.73 Å². The van der Waals surface area contributed by atoms with Gasteiger partial charge in [0, 0.05) is 31.0 Å². The maximum atomic E-state index is 12.7. The Balaban J connectivity index is 1.83. The van der Waals surface area contributed by atoms with Crippen molar-refractivity contribution in [2.75, 3.05) is 5.73 Å². The van der Waals surface area contributed by atoms with Crippen molar-refractivity contribution >= 4 is 5.95 Å². The maximum absolute atomic E-state index is 12.7. The van der Waals surface area contributed by atoms with Crippen molar-refractivity contribution in [1.29, 1.82) is 0 Å². The SMILES string of the molecule is Nc1ncc(CNCc2ccc(F)cc2)cn1. The molecule has 0 aliphatic heterocycles. The Labute approximate surface area is 98.7 Å². The summed E-state index contributed by atoms with van der Waals surface area (Å²) in [5, 5.41) is 3.21. The minimum absolute atomic E-state index is 0.222. The number of nitrogen functional groups attached to an aromatic ring is 1. The van der Waals surface area contributed by atoms with E-state index < -0.39 is 0 Å². The molecule has 0 amide bonds. The Bertz CT molecular complexity index is 421. The fraction of sp³-hybridized carbons (Fsp3) is 0.167. The average molecular weight is 232 g/mol. The van der Waals surface area contributed by atoms with Crippen LogP contribution in [0.15, 0.2) is 36.7 Å². The number of hydrogen-bond acceptors (Lipinski definition) is 4. The second kappa shape index (κ2) is 5.36. The predicted octanol–water partition coefficient (Wildman–Crippen LogP) is 1.49. The molecule has 0 saturated carbocycles. The number of hydrogen-bond donors (Lipinski definition) is 2. The van der Waals surface area contributed by atoms with E-state index in [1.165, 1.54) is 12.1 Å². The Kier molecular flexibility index (Phi) is 3.62. The van der Waals surface area contributed by atoms with Crippen molar-refractivity contribution in [3.8, 4) is 0 Å². The highest BCUT2D eigenvalue weighted by Crippen LogP contribution is 2.03. The van der Waals surface area contributed by atoms with Gasteiger partial charge < -0.3 is 11.1 Å². The van der Waals surface area contributed by atoms with Gasteiger partial charge in [-0.2, -0.15) is 0 Å². The zero-order chi connectivity index (χ0) is 12.1. The van der Waals surface area contributed by atoms with Crippen LogP contribution in [-0.4, -0.2) is 9.97 Å². The second-order valence-corrected chi connectivity index (χ2v) is 3.68. The number of anilines is 1. The van der Waals surface area contributed by atoms with Crippen LogP contribution in [-0.2, 0) is 13.1 Å². The summed E-state index contributed by atoms with van der Waals surface area (Å²) in [6, 6.07) is 6.40. The van der Waals surface area contributed by atoms with Crippen molar-refractivity contribution in [1.82, 2.24) is 15.3 Å². The van der Waals surface area contributed by atoms with Gasteiger partial charge in [0.05, 0.1) is 0 Å². The molecule has 1 aromatic heterocycles. The Hall–Kier alpha value is -2.01. The van der Waals surface area contributed by atoms with Gasteiger partial charge in [-0.05, 0) is 17.7 Å². The molecule has 4 nitrogen and oxygen atoms in total. The van der Waals surface area contributed by atoms with Crippen LogP contribution in [0.25, 0.3) is 0 Å². The summed E-state index contributed by atoms with van der Waals surface area (Å²) in [5.74, 6) is 0.0490. The smallest absolute Gasteiger partial charge is 0.219 e. The van der Waals surface area contributed by atoms with E-state index in [2.05, 4.69) is 15.3 Å². The molecule has 2 rings (SSSR count). The van der Waals surface area contributed by atoms with Gasteiger partial charge in [-0.15, -0.1) is 0 Å².